The van der Waals surface area contributed by atoms with Crippen LogP contribution in [0.2, 0.25) is 0 Å². The van der Waals surface area contributed by atoms with Crippen LogP contribution in [-0.4, -0.2) is 68.9 Å². The van der Waals surface area contributed by atoms with Crippen LogP contribution in [0.5, 0.6) is 0 Å². The van der Waals surface area contributed by atoms with E-state index in [1.165, 1.54) is 0 Å². The van der Waals surface area contributed by atoms with Gasteiger partial charge in [0.05, 0.1) is 6.61 Å². The number of aliphatic hydroxyl groups excluding tert-OH is 1. The van der Waals surface area contributed by atoms with Crippen molar-refractivity contribution in [2.75, 3.05) is 12.3 Å². The van der Waals surface area contributed by atoms with Crippen LogP contribution in [-0.2, 0) is 40.7 Å². The summed E-state index contributed by atoms with van der Waals surface area (Å²) in [7, 11) is -22.4. The molecule has 1 aromatic heterocycles. The summed E-state index contributed by atoms with van der Waals surface area (Å²) >= 11 is 0. The van der Waals surface area contributed by atoms with Gasteiger partial charge in [0, 0.05) is 6.20 Å². The first-order valence-electron chi connectivity index (χ1n) is 7.99. The van der Waals surface area contributed by atoms with Crippen LogP contribution in [0.1, 0.15) is 6.23 Å². The Morgan fingerprint density at radius 3 is 2.15 bits per heavy atom. The van der Waals surface area contributed by atoms with Crippen molar-refractivity contribution in [3.05, 3.63) is 22.7 Å². The molecule has 1 aromatic rings. The molecule has 6 atom stereocenters. The van der Waals surface area contributed by atoms with Gasteiger partial charge in [0.2, 0.25) is 0 Å². The lowest BCUT2D eigenvalue weighted by atomic mass is 10.1. The van der Waals surface area contributed by atoms with E-state index in [2.05, 4.69) is 22.7 Å². The largest absolute Gasteiger partial charge is 0.490 e. The zero-order chi connectivity index (χ0) is 25.4. The van der Waals surface area contributed by atoms with Crippen molar-refractivity contribution in [2.45, 2.75) is 24.5 Å². The Bertz CT molecular complexity index is 1110. The molecule has 9 N–H and O–H groups in total. The minimum absolute atomic E-state index is 0.230. The number of anilines is 1. The first-order chi connectivity index (χ1) is 14.8. The first kappa shape index (κ1) is 28.4. The molecular weight excluding hydrogens is 546 g/mol. The molecule has 190 valence electrons. The van der Waals surface area contributed by atoms with Gasteiger partial charge in [-0.15, -0.1) is 0 Å². The molecular formula is C9H17N3O17P4. The average molecular weight is 563 g/mol. The molecule has 2 rings (SSSR count). The first-order valence-corrected chi connectivity index (χ1v) is 14.0. The maximum absolute atomic E-state index is 12.0. The summed E-state index contributed by atoms with van der Waals surface area (Å²) in [6.07, 6.45) is -6.59. The van der Waals surface area contributed by atoms with Crippen LogP contribution >= 0.6 is 31.3 Å². The minimum atomic E-state index is -5.82. The number of nitrogens with zero attached hydrogens (tertiary/aromatic N) is 2. The van der Waals surface area contributed by atoms with E-state index in [0.717, 1.165) is 12.3 Å². The highest BCUT2D eigenvalue weighted by Crippen LogP contribution is 2.66. The molecule has 0 aliphatic carbocycles. The van der Waals surface area contributed by atoms with Crippen molar-refractivity contribution in [2.24, 2.45) is 0 Å². The van der Waals surface area contributed by atoms with Crippen LogP contribution in [0.15, 0.2) is 17.1 Å². The summed E-state index contributed by atoms with van der Waals surface area (Å²) in [5.74, 6) is -0.230. The Balaban J connectivity index is 2.21. The van der Waals surface area contributed by atoms with Gasteiger partial charge in [0.25, 0.3) is 0 Å². The van der Waals surface area contributed by atoms with Crippen LogP contribution in [0.3, 0.4) is 0 Å². The normalized spacial score (nSPS) is 27.7. The lowest BCUT2D eigenvalue weighted by molar-refractivity contribution is -0.0534. The number of phosphoric acid groups is 4. The van der Waals surface area contributed by atoms with Gasteiger partial charge in [-0.25, -0.2) is 23.1 Å². The van der Waals surface area contributed by atoms with E-state index in [1.807, 2.05) is 0 Å². The molecule has 4 unspecified atom stereocenters. The third-order valence-corrected chi connectivity index (χ3v) is 7.84. The molecule has 1 saturated heterocycles. The van der Waals surface area contributed by atoms with Gasteiger partial charge < -0.3 is 44.9 Å². The van der Waals surface area contributed by atoms with Crippen LogP contribution in [0.25, 0.3) is 0 Å². The fourth-order valence-electron chi connectivity index (χ4n) is 2.44. The van der Waals surface area contributed by atoms with Gasteiger partial charge >= 0.3 is 37.0 Å². The van der Waals surface area contributed by atoms with Crippen molar-refractivity contribution in [3.8, 4) is 0 Å². The third-order valence-electron chi connectivity index (χ3n) is 3.52. The minimum Gasteiger partial charge on any atom is -0.387 e. The van der Waals surface area contributed by atoms with Crippen molar-refractivity contribution in [1.29, 1.82) is 0 Å². The highest BCUT2D eigenvalue weighted by molar-refractivity contribution is 7.66. The maximum atomic E-state index is 12.0. The zero-order valence-electron chi connectivity index (χ0n) is 15.6. The summed E-state index contributed by atoms with van der Waals surface area (Å²) in [6, 6.07) is 1.09. The Kier molecular flexibility index (Phi) is 8.60. The maximum Gasteiger partial charge on any atom is 0.490 e. The molecule has 20 nitrogen and oxygen atoms in total. The summed E-state index contributed by atoms with van der Waals surface area (Å²) in [4.78, 5) is 69.1. The Morgan fingerprint density at radius 2 is 1.64 bits per heavy atom. The molecule has 0 aromatic carbocycles. The molecule has 0 amide bonds. The van der Waals surface area contributed by atoms with Crippen molar-refractivity contribution >= 4 is 37.1 Å². The standard InChI is InChI=1S/C9H17N3O17P4/c10-5-1-2-12(9(14)11-5)8-7(27-30(15,16)17)6(13)4(26-8)3-25-32(21,22)29-33(23,24)28-31(18,19)20/h1-2,4,6-8,13H,3H2,(H,21,22)(H,23,24)(H2,10,11,14)(H2,15,16,17)(H2,18,19,20)/t4-,6?,7?,8-/m1/s1. The van der Waals surface area contributed by atoms with Crippen molar-refractivity contribution in [3.63, 3.8) is 0 Å². The Hall–Kier alpha value is -0.880. The lowest BCUT2D eigenvalue weighted by Crippen LogP contribution is -2.37. The van der Waals surface area contributed by atoms with E-state index in [4.69, 9.17) is 34.9 Å². The number of ether oxygens (including phenoxy) is 1. The topological polar surface area (TPSA) is 317 Å². The van der Waals surface area contributed by atoms with Gasteiger partial charge in [0.1, 0.15) is 24.1 Å². The SMILES string of the molecule is Nc1ccn([C@@H]2O[C@H](COP(=O)(O)OP(=O)(O)OP(=O)(O)O)C(O)C2OP(=O)(O)O)c(=O)n1. The van der Waals surface area contributed by atoms with E-state index in [1.54, 1.807) is 0 Å². The second-order valence-corrected chi connectivity index (χ2v) is 11.7. The second kappa shape index (κ2) is 10.0. The number of hydrogen-bond donors (Lipinski definition) is 8. The summed E-state index contributed by atoms with van der Waals surface area (Å²) < 4.78 is 66.6. The van der Waals surface area contributed by atoms with Crippen molar-refractivity contribution in [1.82, 2.24) is 9.55 Å². The number of nitrogens with two attached hydrogens (primary N) is 1. The van der Waals surface area contributed by atoms with E-state index in [9.17, 15) is 33.1 Å². The van der Waals surface area contributed by atoms with Gasteiger partial charge in [-0.05, 0) is 6.07 Å². The fourth-order valence-corrected chi connectivity index (χ4v) is 6.02. The average Bonchev–Trinajstić information content (AvgIpc) is 2.84. The molecule has 33 heavy (non-hydrogen) atoms. The lowest BCUT2D eigenvalue weighted by Gasteiger charge is -2.22. The molecule has 1 aliphatic heterocycles. The van der Waals surface area contributed by atoms with Crippen LogP contribution in [0.4, 0.5) is 5.82 Å². The Labute approximate surface area is 182 Å². The van der Waals surface area contributed by atoms with Gasteiger partial charge in [-0.1, -0.05) is 0 Å². The molecule has 0 spiro atoms. The number of aromatic nitrogens is 2. The highest BCUT2D eigenvalue weighted by atomic mass is 31.3. The molecule has 0 saturated carbocycles. The molecule has 24 heteroatoms. The molecule has 0 bridgehead atoms. The summed E-state index contributed by atoms with van der Waals surface area (Å²) in [6.45, 7) is -1.19. The Morgan fingerprint density at radius 1 is 1.03 bits per heavy atom. The fraction of sp³-hybridized carbons (Fsp3) is 0.556. The monoisotopic (exact) mass is 563 g/mol. The van der Waals surface area contributed by atoms with E-state index < -0.39 is 68.1 Å². The van der Waals surface area contributed by atoms with E-state index in [-0.39, 0.29) is 5.82 Å². The van der Waals surface area contributed by atoms with Gasteiger partial charge in [-0.3, -0.25) is 13.6 Å². The van der Waals surface area contributed by atoms with Gasteiger partial charge in [-0.2, -0.15) is 13.6 Å². The molecule has 2 heterocycles. The van der Waals surface area contributed by atoms with E-state index >= 15 is 0 Å². The molecule has 1 aliphatic rings. The quantitative estimate of drug-likeness (QED) is 0.141. The van der Waals surface area contributed by atoms with E-state index in [0.29, 0.717) is 4.57 Å². The highest BCUT2D eigenvalue weighted by Gasteiger charge is 2.50. The number of phosphoric ester groups is 2. The number of aliphatic hydroxyl groups is 1. The summed E-state index contributed by atoms with van der Waals surface area (Å²) in [5.41, 5.74) is 4.24. The summed E-state index contributed by atoms with van der Waals surface area (Å²) in [5, 5.41) is 10.3. The number of rotatable bonds is 10. The third kappa shape index (κ3) is 8.69. The zero-order valence-corrected chi connectivity index (χ0v) is 19.2. The second-order valence-electron chi connectivity index (χ2n) is 6.05. The van der Waals surface area contributed by atoms with Crippen molar-refractivity contribution < 1.29 is 75.1 Å². The number of hydrogen-bond acceptors (Lipinski definition) is 13. The smallest absolute Gasteiger partial charge is 0.387 e. The predicted octanol–water partition coefficient (Wildman–Crippen LogP) is -2.10. The molecule has 1 fully saturated rings. The van der Waals surface area contributed by atoms with Gasteiger partial charge in [0.15, 0.2) is 6.23 Å². The predicted molar refractivity (Wildman–Crippen MR) is 99.6 cm³/mol. The van der Waals surface area contributed by atoms with Crippen LogP contribution < -0.4 is 11.4 Å². The molecule has 0 radical (unpaired) electrons. The van der Waals surface area contributed by atoms with Crippen LogP contribution in [0, 0.1) is 0 Å². The number of nitrogen functional groups attached to an aromatic ring is 1.